The molecule has 2 aromatic rings. The third-order valence-corrected chi connectivity index (χ3v) is 3.84. The molecule has 1 aromatic heterocycles. The highest BCUT2D eigenvalue weighted by Crippen LogP contribution is 2.21. The van der Waals surface area contributed by atoms with Crippen molar-refractivity contribution in [2.45, 2.75) is 26.0 Å². The molecular weight excluding hydrogens is 325 g/mol. The summed E-state index contributed by atoms with van der Waals surface area (Å²) in [5, 5.41) is 9.67. The van der Waals surface area contributed by atoms with E-state index in [1.807, 2.05) is 6.92 Å². The van der Waals surface area contributed by atoms with Crippen LogP contribution in [0.1, 0.15) is 37.1 Å². The summed E-state index contributed by atoms with van der Waals surface area (Å²) in [5.41, 5.74) is 1.28. The van der Waals surface area contributed by atoms with Crippen LogP contribution >= 0.6 is 15.9 Å². The molecule has 2 rings (SSSR count). The Bertz CT molecular complexity index is 665. The second-order valence-corrected chi connectivity index (χ2v) is 5.59. The highest BCUT2D eigenvalue weighted by molar-refractivity contribution is 9.10. The lowest BCUT2D eigenvalue weighted by Gasteiger charge is -2.18. The second-order valence-electron chi connectivity index (χ2n) is 4.74. The summed E-state index contributed by atoms with van der Waals surface area (Å²) in [6, 6.07) is 7.39. The van der Waals surface area contributed by atoms with E-state index in [1.54, 1.807) is 31.3 Å². The van der Waals surface area contributed by atoms with Gasteiger partial charge in [0.1, 0.15) is 5.82 Å². The number of aliphatic hydroxyl groups excluding tert-OH is 1. The third kappa shape index (κ3) is 2.99. The van der Waals surface area contributed by atoms with Crippen molar-refractivity contribution in [1.82, 2.24) is 4.57 Å². The van der Waals surface area contributed by atoms with E-state index >= 15 is 0 Å². The highest BCUT2D eigenvalue weighted by Gasteiger charge is 2.14. The average molecular weight is 340 g/mol. The molecule has 0 amide bonds. The van der Waals surface area contributed by atoms with Gasteiger partial charge >= 0.3 is 0 Å². The van der Waals surface area contributed by atoms with E-state index < -0.39 is 6.10 Å². The molecule has 1 unspecified atom stereocenters. The zero-order chi connectivity index (χ0) is 14.9. The molecule has 0 bridgehead atoms. The van der Waals surface area contributed by atoms with Crippen molar-refractivity contribution in [3.05, 3.63) is 68.3 Å². The molecular formula is C15H15BrFNO2. The summed E-state index contributed by atoms with van der Waals surface area (Å²) in [4.78, 5) is 12.2. The zero-order valence-electron chi connectivity index (χ0n) is 11.2. The summed E-state index contributed by atoms with van der Waals surface area (Å²) in [6.45, 7) is 3.49. The molecule has 1 N–H and O–H groups in total. The second kappa shape index (κ2) is 5.89. The summed E-state index contributed by atoms with van der Waals surface area (Å²) < 4.78 is 14.9. The normalized spacial score (nSPS) is 14.1. The largest absolute Gasteiger partial charge is 0.389 e. The van der Waals surface area contributed by atoms with Crippen molar-refractivity contribution in [3.63, 3.8) is 0 Å². The smallest absolute Gasteiger partial charge is 0.265 e. The lowest BCUT2D eigenvalue weighted by Crippen LogP contribution is -2.25. The van der Waals surface area contributed by atoms with Gasteiger partial charge in [0.25, 0.3) is 5.56 Å². The Labute approximate surface area is 124 Å². The van der Waals surface area contributed by atoms with E-state index in [2.05, 4.69) is 15.9 Å². The van der Waals surface area contributed by atoms with Gasteiger partial charge in [-0.05, 0) is 59.1 Å². The van der Waals surface area contributed by atoms with Crippen LogP contribution in [0.3, 0.4) is 0 Å². The number of nitrogens with zero attached hydrogens (tertiary/aromatic N) is 1. The standard InChI is InChI=1S/C15H15BrFNO2/c1-9(11-3-5-13(17)6-4-11)18-8-12(10(2)19)7-14(16)15(18)20/h3-10,19H,1-2H3/t9-,10?/m0/s1. The first-order valence-corrected chi connectivity index (χ1v) is 7.04. The van der Waals surface area contributed by atoms with Gasteiger partial charge in [0.05, 0.1) is 16.6 Å². The molecule has 0 saturated carbocycles. The molecule has 5 heteroatoms. The molecule has 2 atom stereocenters. The van der Waals surface area contributed by atoms with Gasteiger partial charge in [-0.1, -0.05) is 12.1 Å². The topological polar surface area (TPSA) is 42.2 Å². The first-order valence-electron chi connectivity index (χ1n) is 6.25. The van der Waals surface area contributed by atoms with Crippen LogP contribution in [0.15, 0.2) is 45.8 Å². The van der Waals surface area contributed by atoms with E-state index in [0.29, 0.717) is 10.0 Å². The van der Waals surface area contributed by atoms with Gasteiger partial charge in [-0.25, -0.2) is 4.39 Å². The summed E-state index contributed by atoms with van der Waals surface area (Å²) in [5.74, 6) is -0.313. The molecule has 106 valence electrons. The quantitative estimate of drug-likeness (QED) is 0.930. The van der Waals surface area contributed by atoms with Crippen LogP contribution in [-0.4, -0.2) is 9.67 Å². The Morgan fingerprint density at radius 1 is 1.20 bits per heavy atom. The van der Waals surface area contributed by atoms with Crippen molar-refractivity contribution in [2.24, 2.45) is 0 Å². The number of hydrogen-bond acceptors (Lipinski definition) is 2. The summed E-state index contributed by atoms with van der Waals surface area (Å²) >= 11 is 3.21. The Morgan fingerprint density at radius 2 is 1.80 bits per heavy atom. The maximum atomic E-state index is 13.0. The van der Waals surface area contributed by atoms with Crippen LogP contribution in [0.5, 0.6) is 0 Å². The Hall–Kier alpha value is -1.46. The van der Waals surface area contributed by atoms with Crippen LogP contribution in [0.4, 0.5) is 4.39 Å². The minimum absolute atomic E-state index is 0.189. The van der Waals surface area contributed by atoms with Crippen molar-refractivity contribution >= 4 is 15.9 Å². The number of pyridine rings is 1. The maximum absolute atomic E-state index is 13.0. The zero-order valence-corrected chi connectivity index (χ0v) is 12.8. The lowest BCUT2D eigenvalue weighted by molar-refractivity contribution is 0.198. The number of rotatable bonds is 3. The molecule has 20 heavy (non-hydrogen) atoms. The van der Waals surface area contributed by atoms with Crippen molar-refractivity contribution in [2.75, 3.05) is 0 Å². The van der Waals surface area contributed by atoms with Gasteiger partial charge in [-0.2, -0.15) is 0 Å². The molecule has 3 nitrogen and oxygen atoms in total. The van der Waals surface area contributed by atoms with Crippen LogP contribution in [0.25, 0.3) is 0 Å². The first-order chi connectivity index (χ1) is 9.40. The van der Waals surface area contributed by atoms with Crippen LogP contribution in [0, 0.1) is 5.82 Å². The molecule has 0 spiro atoms. The SMILES string of the molecule is CC(O)c1cc(Br)c(=O)n([C@@H](C)c2ccc(F)cc2)c1. The average Bonchev–Trinajstić information content (AvgIpc) is 2.41. The molecule has 0 saturated heterocycles. The molecule has 0 aliphatic rings. The molecule has 0 fully saturated rings. The summed E-state index contributed by atoms with van der Waals surface area (Å²) in [7, 11) is 0. The highest BCUT2D eigenvalue weighted by atomic mass is 79.9. The van der Waals surface area contributed by atoms with Gasteiger partial charge in [0.15, 0.2) is 0 Å². The van der Waals surface area contributed by atoms with Gasteiger partial charge < -0.3 is 9.67 Å². The number of benzene rings is 1. The molecule has 0 aliphatic heterocycles. The predicted octanol–water partition coefficient (Wildman–Crippen LogP) is 3.41. The van der Waals surface area contributed by atoms with Gasteiger partial charge in [0.2, 0.25) is 0 Å². The predicted molar refractivity (Wildman–Crippen MR) is 79.2 cm³/mol. The molecule has 0 radical (unpaired) electrons. The van der Waals surface area contributed by atoms with Crippen molar-refractivity contribution in [1.29, 1.82) is 0 Å². The Morgan fingerprint density at radius 3 is 2.35 bits per heavy atom. The van der Waals surface area contributed by atoms with Crippen molar-refractivity contribution < 1.29 is 9.50 Å². The number of halogens is 2. The Kier molecular flexibility index (Phi) is 4.40. The van der Waals surface area contributed by atoms with Crippen LogP contribution in [-0.2, 0) is 0 Å². The monoisotopic (exact) mass is 339 g/mol. The minimum atomic E-state index is -0.668. The number of hydrogen-bond donors (Lipinski definition) is 1. The fourth-order valence-corrected chi connectivity index (χ4v) is 2.48. The first kappa shape index (κ1) is 14.9. The van der Waals surface area contributed by atoms with Crippen LogP contribution < -0.4 is 5.56 Å². The van der Waals surface area contributed by atoms with E-state index in [0.717, 1.165) is 5.56 Å². The number of aliphatic hydroxyl groups is 1. The molecule has 0 aliphatic carbocycles. The number of aromatic nitrogens is 1. The van der Waals surface area contributed by atoms with E-state index in [9.17, 15) is 14.3 Å². The van der Waals surface area contributed by atoms with Crippen LogP contribution in [0.2, 0.25) is 0 Å². The fourth-order valence-electron chi connectivity index (χ4n) is 2.01. The Balaban J connectivity index is 2.51. The van der Waals surface area contributed by atoms with E-state index in [-0.39, 0.29) is 17.4 Å². The minimum Gasteiger partial charge on any atom is -0.389 e. The summed E-state index contributed by atoms with van der Waals surface area (Å²) in [6.07, 6.45) is 0.963. The van der Waals surface area contributed by atoms with Gasteiger partial charge in [-0.15, -0.1) is 0 Å². The van der Waals surface area contributed by atoms with Gasteiger partial charge in [-0.3, -0.25) is 4.79 Å². The van der Waals surface area contributed by atoms with E-state index in [1.165, 1.54) is 16.7 Å². The van der Waals surface area contributed by atoms with Crippen molar-refractivity contribution in [3.8, 4) is 0 Å². The maximum Gasteiger partial charge on any atom is 0.265 e. The van der Waals surface area contributed by atoms with Gasteiger partial charge in [0, 0.05) is 6.20 Å². The third-order valence-electron chi connectivity index (χ3n) is 3.27. The molecule has 1 aromatic carbocycles. The molecule has 1 heterocycles. The lowest BCUT2D eigenvalue weighted by atomic mass is 10.1. The van der Waals surface area contributed by atoms with E-state index in [4.69, 9.17) is 0 Å². The fraction of sp³-hybridized carbons (Fsp3) is 0.267.